The molecule has 0 amide bonds. The minimum absolute atomic E-state index is 0.116. The number of carbonyl (C=O) groups is 1. The molecule has 0 aliphatic heterocycles. The van der Waals surface area contributed by atoms with Crippen molar-refractivity contribution < 1.29 is 19.7 Å². The van der Waals surface area contributed by atoms with Crippen molar-refractivity contribution in [1.29, 1.82) is 0 Å². The molecular formula is C9H10O4. The number of aliphatic hydroxyl groups is 2. The van der Waals surface area contributed by atoms with Gasteiger partial charge in [0.25, 0.3) is 0 Å². The fraction of sp³-hybridized carbons (Fsp3) is 0.222. The smallest absolute Gasteiger partial charge is 0.353 e. The van der Waals surface area contributed by atoms with Crippen molar-refractivity contribution in [1.82, 2.24) is 0 Å². The lowest BCUT2D eigenvalue weighted by molar-refractivity contribution is -0.329. The molecule has 1 aromatic carbocycles. The Bertz CT molecular complexity index is 292. The van der Waals surface area contributed by atoms with Gasteiger partial charge in [-0.15, -0.1) is 0 Å². The summed E-state index contributed by atoms with van der Waals surface area (Å²) in [6.07, 6.45) is 0. The lowest BCUT2D eigenvalue weighted by Crippen LogP contribution is -2.30. The monoisotopic (exact) mass is 182 g/mol. The van der Waals surface area contributed by atoms with Crippen LogP contribution < -0.4 is 0 Å². The Balaban J connectivity index is 2.87. The van der Waals surface area contributed by atoms with Crippen LogP contribution in [-0.2, 0) is 15.5 Å². The second-order valence-corrected chi connectivity index (χ2v) is 2.57. The Morgan fingerprint density at radius 3 is 2.31 bits per heavy atom. The molecule has 1 rings (SSSR count). The van der Waals surface area contributed by atoms with Crippen LogP contribution in [0.1, 0.15) is 12.5 Å². The Morgan fingerprint density at radius 2 is 1.85 bits per heavy atom. The summed E-state index contributed by atoms with van der Waals surface area (Å²) in [5.74, 6) is -3.29. The van der Waals surface area contributed by atoms with Crippen LogP contribution in [0.4, 0.5) is 0 Å². The second kappa shape index (κ2) is 3.55. The third-order valence-corrected chi connectivity index (χ3v) is 1.44. The van der Waals surface area contributed by atoms with Crippen molar-refractivity contribution in [2.75, 3.05) is 0 Å². The Labute approximate surface area is 75.4 Å². The fourth-order valence-corrected chi connectivity index (χ4v) is 0.915. The molecule has 0 saturated heterocycles. The molecule has 70 valence electrons. The predicted molar refractivity (Wildman–Crippen MR) is 44.3 cm³/mol. The average Bonchev–Trinajstić information content (AvgIpc) is 2.04. The number of hydrogen-bond donors (Lipinski definition) is 2. The van der Waals surface area contributed by atoms with E-state index in [1.807, 2.05) is 0 Å². The van der Waals surface area contributed by atoms with Crippen molar-refractivity contribution in [3.63, 3.8) is 0 Å². The highest BCUT2D eigenvalue weighted by atomic mass is 16.8. The molecule has 0 saturated carbocycles. The van der Waals surface area contributed by atoms with Crippen LogP contribution in [0, 0.1) is 0 Å². The van der Waals surface area contributed by atoms with Gasteiger partial charge in [-0.3, -0.25) is 4.79 Å². The molecule has 0 spiro atoms. The van der Waals surface area contributed by atoms with Gasteiger partial charge < -0.3 is 14.9 Å². The molecule has 0 unspecified atom stereocenters. The predicted octanol–water partition coefficient (Wildman–Crippen LogP) is 0.345. The molecule has 0 radical (unpaired) electrons. The quantitative estimate of drug-likeness (QED) is 0.511. The largest absolute Gasteiger partial charge is 0.404 e. The molecule has 13 heavy (non-hydrogen) atoms. The van der Waals surface area contributed by atoms with Crippen LogP contribution in [-0.4, -0.2) is 16.2 Å². The van der Waals surface area contributed by atoms with Crippen LogP contribution in [0.2, 0.25) is 0 Å². The Hall–Kier alpha value is -1.39. The van der Waals surface area contributed by atoms with Crippen LogP contribution in [0.3, 0.4) is 0 Å². The van der Waals surface area contributed by atoms with Gasteiger partial charge in [0.2, 0.25) is 0 Å². The summed E-state index contributed by atoms with van der Waals surface area (Å²) in [5, 5.41) is 18.5. The standard InChI is InChI=1S/C9H10O4/c1-7(10)13-9(11,12)8-5-3-2-4-6-8/h2-6,11-12H,1H3. The van der Waals surface area contributed by atoms with Crippen molar-refractivity contribution in [3.05, 3.63) is 35.9 Å². The number of ether oxygens (including phenoxy) is 1. The molecule has 0 aliphatic carbocycles. The van der Waals surface area contributed by atoms with E-state index in [-0.39, 0.29) is 5.56 Å². The number of esters is 1. The van der Waals surface area contributed by atoms with Gasteiger partial charge in [0.1, 0.15) is 0 Å². The zero-order valence-electron chi connectivity index (χ0n) is 7.10. The van der Waals surface area contributed by atoms with Gasteiger partial charge in [-0.05, 0) is 12.1 Å². The summed E-state index contributed by atoms with van der Waals surface area (Å²) in [4.78, 5) is 10.5. The highest BCUT2D eigenvalue weighted by molar-refractivity contribution is 5.66. The molecule has 0 fully saturated rings. The van der Waals surface area contributed by atoms with E-state index in [9.17, 15) is 15.0 Å². The molecule has 0 atom stereocenters. The summed E-state index contributed by atoms with van der Waals surface area (Å²) in [7, 11) is 0. The van der Waals surface area contributed by atoms with E-state index in [0.717, 1.165) is 6.92 Å². The van der Waals surface area contributed by atoms with Crippen LogP contribution in [0.5, 0.6) is 0 Å². The van der Waals surface area contributed by atoms with Gasteiger partial charge in [-0.2, -0.15) is 0 Å². The van der Waals surface area contributed by atoms with E-state index in [1.54, 1.807) is 18.2 Å². The number of rotatable bonds is 2. The normalized spacial score (nSPS) is 11.0. The lowest BCUT2D eigenvalue weighted by Gasteiger charge is -2.20. The van der Waals surface area contributed by atoms with Gasteiger partial charge >= 0.3 is 11.9 Å². The maximum absolute atomic E-state index is 10.5. The SMILES string of the molecule is CC(=O)OC(O)(O)c1ccccc1. The van der Waals surface area contributed by atoms with E-state index in [0.29, 0.717) is 0 Å². The summed E-state index contributed by atoms with van der Waals surface area (Å²) >= 11 is 0. The summed E-state index contributed by atoms with van der Waals surface area (Å²) < 4.78 is 4.30. The van der Waals surface area contributed by atoms with Crippen LogP contribution >= 0.6 is 0 Å². The number of carbonyl (C=O) groups excluding carboxylic acids is 1. The van der Waals surface area contributed by atoms with Crippen molar-refractivity contribution in [3.8, 4) is 0 Å². The number of hydrogen-bond acceptors (Lipinski definition) is 4. The second-order valence-electron chi connectivity index (χ2n) is 2.57. The molecule has 0 heterocycles. The van der Waals surface area contributed by atoms with Crippen LogP contribution in [0.15, 0.2) is 30.3 Å². The first kappa shape index (κ1) is 9.70. The van der Waals surface area contributed by atoms with E-state index < -0.39 is 11.9 Å². The number of benzene rings is 1. The van der Waals surface area contributed by atoms with E-state index >= 15 is 0 Å². The van der Waals surface area contributed by atoms with E-state index in [1.165, 1.54) is 12.1 Å². The van der Waals surface area contributed by atoms with Crippen molar-refractivity contribution >= 4 is 5.97 Å². The molecule has 0 aromatic heterocycles. The molecule has 2 N–H and O–H groups in total. The molecule has 1 aromatic rings. The topological polar surface area (TPSA) is 66.8 Å². The third kappa shape index (κ3) is 2.54. The summed E-state index contributed by atoms with van der Waals surface area (Å²) in [5.41, 5.74) is 0.116. The average molecular weight is 182 g/mol. The highest BCUT2D eigenvalue weighted by Crippen LogP contribution is 2.18. The van der Waals surface area contributed by atoms with Crippen LogP contribution in [0.25, 0.3) is 0 Å². The molecule has 0 aliphatic rings. The van der Waals surface area contributed by atoms with Gasteiger partial charge in [-0.25, -0.2) is 0 Å². The van der Waals surface area contributed by atoms with Crippen molar-refractivity contribution in [2.45, 2.75) is 12.9 Å². The fourth-order valence-electron chi connectivity index (χ4n) is 0.915. The van der Waals surface area contributed by atoms with Gasteiger partial charge in [0.15, 0.2) is 0 Å². The van der Waals surface area contributed by atoms with Gasteiger partial charge in [0.05, 0.1) is 5.56 Å². The minimum Gasteiger partial charge on any atom is -0.404 e. The van der Waals surface area contributed by atoms with Crippen molar-refractivity contribution in [2.24, 2.45) is 0 Å². The Morgan fingerprint density at radius 1 is 1.31 bits per heavy atom. The molecular weight excluding hydrogens is 172 g/mol. The van der Waals surface area contributed by atoms with E-state index in [2.05, 4.69) is 4.74 Å². The first-order valence-electron chi connectivity index (χ1n) is 3.72. The summed E-state index contributed by atoms with van der Waals surface area (Å²) in [6, 6.07) is 7.83. The maximum Gasteiger partial charge on any atom is 0.353 e. The minimum atomic E-state index is -2.53. The first-order valence-corrected chi connectivity index (χ1v) is 3.72. The maximum atomic E-state index is 10.5. The highest BCUT2D eigenvalue weighted by Gasteiger charge is 2.29. The lowest BCUT2D eigenvalue weighted by atomic mass is 10.2. The molecule has 4 heteroatoms. The third-order valence-electron chi connectivity index (χ3n) is 1.44. The zero-order valence-corrected chi connectivity index (χ0v) is 7.10. The van der Waals surface area contributed by atoms with E-state index in [4.69, 9.17) is 0 Å². The molecule has 4 nitrogen and oxygen atoms in total. The first-order chi connectivity index (χ1) is 6.02. The summed E-state index contributed by atoms with van der Waals surface area (Å²) in [6.45, 7) is 1.10. The van der Waals surface area contributed by atoms with Gasteiger partial charge in [-0.1, -0.05) is 18.2 Å². The zero-order chi connectivity index (χ0) is 9.90. The van der Waals surface area contributed by atoms with Gasteiger partial charge in [0, 0.05) is 6.92 Å². The Kier molecular flexibility index (Phi) is 2.65. The molecule has 0 bridgehead atoms.